The van der Waals surface area contributed by atoms with E-state index in [9.17, 15) is 18.0 Å². The van der Waals surface area contributed by atoms with Crippen LogP contribution in [-0.4, -0.2) is 87.3 Å². The van der Waals surface area contributed by atoms with Gasteiger partial charge in [-0.05, 0) is 18.7 Å². The van der Waals surface area contributed by atoms with Crippen LogP contribution >= 0.6 is 11.6 Å². The lowest BCUT2D eigenvalue weighted by atomic mass is 10.1. The van der Waals surface area contributed by atoms with E-state index in [-0.39, 0.29) is 47.3 Å². The zero-order chi connectivity index (χ0) is 21.6. The number of hydrogen-bond donors (Lipinski definition) is 0. The molecule has 1 heterocycles. The van der Waals surface area contributed by atoms with Gasteiger partial charge in [-0.2, -0.15) is 4.31 Å². The van der Waals surface area contributed by atoms with Crippen molar-refractivity contribution in [3.05, 3.63) is 29.3 Å². The number of carbonyl (C=O) groups is 2. The number of amides is 1. The van der Waals surface area contributed by atoms with Crippen molar-refractivity contribution in [3.63, 3.8) is 0 Å². The highest BCUT2D eigenvalue weighted by atomic mass is 35.5. The van der Waals surface area contributed by atoms with Crippen molar-refractivity contribution in [1.82, 2.24) is 14.1 Å². The lowest BCUT2D eigenvalue weighted by molar-refractivity contribution is -0.146. The van der Waals surface area contributed by atoms with Crippen LogP contribution < -0.4 is 0 Å². The average molecular weight is 446 g/mol. The van der Waals surface area contributed by atoms with Crippen molar-refractivity contribution in [2.45, 2.75) is 18.7 Å². The van der Waals surface area contributed by atoms with Gasteiger partial charge in [0.2, 0.25) is 15.9 Å². The fraction of sp³-hybridized carbons (Fsp3) is 0.579. The summed E-state index contributed by atoms with van der Waals surface area (Å²) in [6, 6.07) is 6.34. The molecular weight excluding hydrogens is 418 g/mol. The zero-order valence-electron chi connectivity index (χ0n) is 17.0. The molecule has 162 valence electrons. The second-order valence-electron chi connectivity index (χ2n) is 6.97. The molecule has 1 aromatic rings. The molecule has 1 aromatic carbocycles. The minimum absolute atomic E-state index is 0.0791. The molecule has 1 saturated heterocycles. The molecule has 1 atom stereocenters. The Morgan fingerprint density at radius 2 is 1.83 bits per heavy atom. The van der Waals surface area contributed by atoms with Gasteiger partial charge in [-0.3, -0.25) is 14.5 Å². The molecule has 0 bridgehead atoms. The number of benzene rings is 1. The molecule has 0 saturated carbocycles. The number of sulfonamides is 1. The van der Waals surface area contributed by atoms with Crippen LogP contribution in [0.5, 0.6) is 0 Å². The fourth-order valence-electron chi connectivity index (χ4n) is 3.23. The highest BCUT2D eigenvalue weighted by Gasteiger charge is 2.31. The summed E-state index contributed by atoms with van der Waals surface area (Å²) in [6.07, 6.45) is 0. The summed E-state index contributed by atoms with van der Waals surface area (Å²) >= 11 is 6.05. The third kappa shape index (κ3) is 5.91. The van der Waals surface area contributed by atoms with E-state index in [0.29, 0.717) is 26.2 Å². The van der Waals surface area contributed by atoms with E-state index >= 15 is 0 Å². The van der Waals surface area contributed by atoms with Crippen LogP contribution in [0.25, 0.3) is 0 Å². The number of piperazine rings is 1. The van der Waals surface area contributed by atoms with Gasteiger partial charge in [0.1, 0.15) is 4.90 Å². The maximum Gasteiger partial charge on any atom is 0.309 e. The Balaban J connectivity index is 1.93. The Hall–Kier alpha value is -1.68. The molecule has 1 unspecified atom stereocenters. The van der Waals surface area contributed by atoms with E-state index in [1.807, 2.05) is 11.8 Å². The number of halogens is 1. The van der Waals surface area contributed by atoms with Crippen LogP contribution in [0.3, 0.4) is 0 Å². The molecule has 0 aliphatic carbocycles. The van der Waals surface area contributed by atoms with Gasteiger partial charge in [0.25, 0.3) is 0 Å². The lowest BCUT2D eigenvalue weighted by Gasteiger charge is -2.35. The zero-order valence-corrected chi connectivity index (χ0v) is 18.6. The van der Waals surface area contributed by atoms with Crippen molar-refractivity contribution < 1.29 is 22.7 Å². The fourth-order valence-corrected chi connectivity index (χ4v) is 5.15. The van der Waals surface area contributed by atoms with E-state index in [4.69, 9.17) is 16.3 Å². The van der Waals surface area contributed by atoms with E-state index in [1.54, 1.807) is 30.0 Å². The number of ether oxygens (including phenoxy) is 1. The van der Waals surface area contributed by atoms with Gasteiger partial charge in [0, 0.05) is 32.7 Å². The van der Waals surface area contributed by atoms with Gasteiger partial charge < -0.3 is 9.64 Å². The quantitative estimate of drug-likeness (QED) is 0.560. The smallest absolute Gasteiger partial charge is 0.309 e. The monoisotopic (exact) mass is 445 g/mol. The molecule has 1 fully saturated rings. The van der Waals surface area contributed by atoms with Crippen LogP contribution in [0.15, 0.2) is 29.2 Å². The van der Waals surface area contributed by atoms with Crippen LogP contribution in [0.1, 0.15) is 13.8 Å². The van der Waals surface area contributed by atoms with E-state index in [1.165, 1.54) is 17.5 Å². The predicted molar refractivity (Wildman–Crippen MR) is 110 cm³/mol. The minimum Gasteiger partial charge on any atom is -0.469 e. The van der Waals surface area contributed by atoms with Gasteiger partial charge >= 0.3 is 5.97 Å². The van der Waals surface area contributed by atoms with E-state index in [0.717, 1.165) is 0 Å². The van der Waals surface area contributed by atoms with Crippen LogP contribution in [0.4, 0.5) is 0 Å². The summed E-state index contributed by atoms with van der Waals surface area (Å²) in [4.78, 5) is 27.9. The van der Waals surface area contributed by atoms with Gasteiger partial charge in [-0.15, -0.1) is 0 Å². The Morgan fingerprint density at radius 3 is 2.38 bits per heavy atom. The Morgan fingerprint density at radius 1 is 1.21 bits per heavy atom. The Kier molecular flexibility index (Phi) is 8.45. The summed E-state index contributed by atoms with van der Waals surface area (Å²) < 4.78 is 31.7. The summed E-state index contributed by atoms with van der Waals surface area (Å²) in [5.74, 6) is -0.724. The van der Waals surface area contributed by atoms with Crippen molar-refractivity contribution in [2.24, 2.45) is 5.92 Å². The number of esters is 1. The van der Waals surface area contributed by atoms with Crippen LogP contribution in [0, 0.1) is 5.92 Å². The second kappa shape index (κ2) is 10.4. The molecule has 1 amide bonds. The molecule has 29 heavy (non-hydrogen) atoms. The number of hydrogen-bond acceptors (Lipinski definition) is 6. The molecule has 0 spiro atoms. The van der Waals surface area contributed by atoms with E-state index in [2.05, 4.69) is 0 Å². The first kappa shape index (κ1) is 23.6. The molecule has 1 aliphatic rings. The first-order chi connectivity index (χ1) is 13.7. The molecule has 10 heteroatoms. The molecule has 0 radical (unpaired) electrons. The number of likely N-dealkylation sites (N-methyl/N-ethyl adjacent to an activating group) is 1. The SMILES string of the molecule is CCN(CC(=O)N1CCN(S(=O)(=O)c2ccccc2Cl)CC1)CC(C)C(=O)OC. The lowest BCUT2D eigenvalue weighted by Crippen LogP contribution is -2.52. The maximum atomic E-state index is 12.8. The standard InChI is InChI=1S/C19H28ClN3O5S/c1-4-21(13-15(2)19(25)28-3)14-18(24)22-9-11-23(12-10-22)29(26,27)17-8-6-5-7-16(17)20/h5-8,15H,4,9-14H2,1-3H3. The maximum absolute atomic E-state index is 12.8. The summed E-state index contributed by atoms with van der Waals surface area (Å²) in [7, 11) is -2.35. The molecule has 0 N–H and O–H groups in total. The third-order valence-corrected chi connectivity index (χ3v) is 7.39. The van der Waals surface area contributed by atoms with Crippen molar-refractivity contribution in [3.8, 4) is 0 Å². The van der Waals surface area contributed by atoms with Crippen molar-refractivity contribution >= 4 is 33.5 Å². The predicted octanol–water partition coefficient (Wildman–Crippen LogP) is 1.30. The van der Waals surface area contributed by atoms with Gasteiger partial charge in [0.15, 0.2) is 0 Å². The molecule has 8 nitrogen and oxygen atoms in total. The van der Waals surface area contributed by atoms with Gasteiger partial charge in [-0.1, -0.05) is 37.6 Å². The normalized spacial score (nSPS) is 16.7. The molecule has 1 aliphatic heterocycles. The van der Waals surface area contributed by atoms with Crippen molar-refractivity contribution in [1.29, 1.82) is 0 Å². The van der Waals surface area contributed by atoms with Crippen molar-refractivity contribution in [2.75, 3.05) is 52.9 Å². The highest BCUT2D eigenvalue weighted by molar-refractivity contribution is 7.89. The Labute approximate surface area is 177 Å². The molecule has 0 aromatic heterocycles. The minimum atomic E-state index is -3.70. The topological polar surface area (TPSA) is 87.2 Å². The first-order valence-electron chi connectivity index (χ1n) is 9.53. The number of rotatable bonds is 8. The van der Waals surface area contributed by atoms with E-state index < -0.39 is 10.0 Å². The number of methoxy groups -OCH3 is 1. The largest absolute Gasteiger partial charge is 0.469 e. The first-order valence-corrected chi connectivity index (χ1v) is 11.3. The van der Waals surface area contributed by atoms with Crippen LogP contribution in [0.2, 0.25) is 5.02 Å². The number of carbonyl (C=O) groups excluding carboxylic acids is 2. The summed E-state index contributed by atoms with van der Waals surface area (Å²) in [6.45, 7) is 5.95. The summed E-state index contributed by atoms with van der Waals surface area (Å²) in [5, 5.41) is 0.185. The van der Waals surface area contributed by atoms with Gasteiger partial charge in [-0.25, -0.2) is 8.42 Å². The molecule has 2 rings (SSSR count). The molecular formula is C19H28ClN3O5S. The summed E-state index contributed by atoms with van der Waals surface area (Å²) in [5.41, 5.74) is 0. The Bertz CT molecular complexity index is 825. The third-order valence-electron chi connectivity index (χ3n) is 4.99. The van der Waals surface area contributed by atoms with Gasteiger partial charge in [0.05, 0.1) is 24.6 Å². The second-order valence-corrected chi connectivity index (χ2v) is 9.28. The highest BCUT2D eigenvalue weighted by Crippen LogP contribution is 2.25. The average Bonchev–Trinajstić information content (AvgIpc) is 2.72. The van der Waals surface area contributed by atoms with Crippen LogP contribution in [-0.2, 0) is 24.3 Å². The number of nitrogens with zero attached hydrogens (tertiary/aromatic N) is 3.